The largest absolute Gasteiger partial charge is 0.481 e. The molecule has 0 spiro atoms. The number of carboxylic acids is 1. The van der Waals surface area contributed by atoms with Gasteiger partial charge in [-0.2, -0.15) is 0 Å². The predicted molar refractivity (Wildman–Crippen MR) is 126 cm³/mol. The van der Waals surface area contributed by atoms with Gasteiger partial charge in [-0.15, -0.1) is 0 Å². The van der Waals surface area contributed by atoms with Crippen LogP contribution in [0, 0.1) is 5.92 Å². The van der Waals surface area contributed by atoms with Crippen molar-refractivity contribution in [1.82, 2.24) is 5.32 Å². The Morgan fingerprint density at radius 2 is 1.57 bits per heavy atom. The van der Waals surface area contributed by atoms with Crippen LogP contribution in [0.25, 0.3) is 0 Å². The smallest absolute Gasteiger partial charge is 0.303 e. The Labute approximate surface area is 216 Å². The molecule has 1 rings (SSSR count). The number of rotatable bonds is 14. The van der Waals surface area contributed by atoms with Gasteiger partial charge in [-0.05, 0) is 26.2 Å². The first-order chi connectivity index (χ1) is 17.1. The number of carbonyl (C=O) groups excluding carboxylic acids is 4. The van der Waals surface area contributed by atoms with E-state index in [4.69, 9.17) is 33.5 Å². The summed E-state index contributed by atoms with van der Waals surface area (Å²) >= 11 is 0. The quantitative estimate of drug-likeness (QED) is 0.184. The summed E-state index contributed by atoms with van der Waals surface area (Å²) in [5, 5.41) is 11.5. The highest BCUT2D eigenvalue weighted by atomic mass is 16.7. The summed E-state index contributed by atoms with van der Waals surface area (Å²) in [6, 6.07) is -1.07. The van der Waals surface area contributed by atoms with Crippen LogP contribution in [0.4, 0.5) is 0 Å². The van der Waals surface area contributed by atoms with Crippen LogP contribution in [0.3, 0.4) is 0 Å². The zero-order chi connectivity index (χ0) is 28.3. The molecule has 0 aliphatic carbocycles. The van der Waals surface area contributed by atoms with E-state index in [1.165, 1.54) is 13.8 Å². The highest BCUT2D eigenvalue weighted by Gasteiger charge is 2.52. The normalized spacial score (nSPS) is 24.5. The second-order valence-electron chi connectivity index (χ2n) is 9.63. The third-order valence-electron chi connectivity index (χ3n) is 5.28. The molecule has 0 bridgehead atoms. The molecule has 212 valence electrons. The van der Waals surface area contributed by atoms with Crippen LogP contribution < -0.4 is 5.32 Å². The molecule has 2 N–H and O–H groups in total. The molecular weight excluding hydrogens is 494 g/mol. The number of carboxylic acid groups (broad SMARTS) is 1. The fourth-order valence-corrected chi connectivity index (χ4v) is 3.72. The van der Waals surface area contributed by atoms with E-state index in [1.807, 2.05) is 0 Å². The van der Waals surface area contributed by atoms with Gasteiger partial charge < -0.3 is 38.8 Å². The maximum atomic E-state index is 12.0. The van der Waals surface area contributed by atoms with Gasteiger partial charge in [0.25, 0.3) is 0 Å². The van der Waals surface area contributed by atoms with E-state index in [-0.39, 0.29) is 32.2 Å². The molecule has 0 aromatic carbocycles. The second-order valence-corrected chi connectivity index (χ2v) is 9.63. The van der Waals surface area contributed by atoms with Crippen molar-refractivity contribution in [3.63, 3.8) is 0 Å². The van der Waals surface area contributed by atoms with Crippen LogP contribution in [-0.4, -0.2) is 91.0 Å². The highest BCUT2D eigenvalue weighted by Crippen LogP contribution is 2.31. The molecule has 2 unspecified atom stereocenters. The third kappa shape index (κ3) is 12.3. The molecule has 0 saturated carbocycles. The van der Waals surface area contributed by atoms with Gasteiger partial charge in [-0.1, -0.05) is 6.92 Å². The van der Waals surface area contributed by atoms with E-state index in [1.54, 1.807) is 20.8 Å². The fourth-order valence-electron chi connectivity index (χ4n) is 3.72. The SMILES string of the molecule is CC(=O)N[C@H]1[C@H](OC(C)(C)CCOCC(C)CC(=O)O)O[C@H](COC(C)=O)C(OC(C)=O)[C@@H]1OC(C)=O. The molecule has 1 aliphatic heterocycles. The maximum Gasteiger partial charge on any atom is 0.303 e. The van der Waals surface area contributed by atoms with Crippen molar-refractivity contribution < 1.29 is 57.5 Å². The molecular formula is C24H39NO12. The molecule has 0 aromatic rings. The van der Waals surface area contributed by atoms with Gasteiger partial charge in [0.15, 0.2) is 18.5 Å². The van der Waals surface area contributed by atoms with Gasteiger partial charge in [0.2, 0.25) is 5.91 Å². The first kappa shape index (κ1) is 32.3. The summed E-state index contributed by atoms with van der Waals surface area (Å²) in [5.74, 6) is -3.56. The van der Waals surface area contributed by atoms with Crippen molar-refractivity contribution in [3.05, 3.63) is 0 Å². The van der Waals surface area contributed by atoms with Crippen molar-refractivity contribution in [2.45, 2.75) is 97.6 Å². The van der Waals surface area contributed by atoms with Gasteiger partial charge in [0.05, 0.1) is 12.0 Å². The molecule has 1 amide bonds. The molecule has 0 aromatic heterocycles. The molecule has 6 atom stereocenters. The highest BCUT2D eigenvalue weighted by molar-refractivity contribution is 5.73. The van der Waals surface area contributed by atoms with Crippen molar-refractivity contribution in [3.8, 4) is 0 Å². The summed E-state index contributed by atoms with van der Waals surface area (Å²) < 4.78 is 33.7. The fraction of sp³-hybridized carbons (Fsp3) is 0.792. The first-order valence-corrected chi connectivity index (χ1v) is 12.0. The van der Waals surface area contributed by atoms with Crippen molar-refractivity contribution in [2.75, 3.05) is 19.8 Å². The zero-order valence-electron chi connectivity index (χ0n) is 22.4. The Bertz CT molecular complexity index is 814. The second kappa shape index (κ2) is 14.8. The average molecular weight is 534 g/mol. The summed E-state index contributed by atoms with van der Waals surface area (Å²) in [6.07, 6.45) is -4.34. The van der Waals surface area contributed by atoms with E-state index in [0.717, 1.165) is 13.8 Å². The Kier molecular flexibility index (Phi) is 12.9. The van der Waals surface area contributed by atoms with Gasteiger partial charge in [-0.3, -0.25) is 24.0 Å². The van der Waals surface area contributed by atoms with Crippen LogP contribution in [0.15, 0.2) is 0 Å². The Morgan fingerprint density at radius 1 is 0.973 bits per heavy atom. The summed E-state index contributed by atoms with van der Waals surface area (Å²) in [5.41, 5.74) is -0.890. The number of nitrogens with one attached hydrogen (secondary N) is 1. The molecule has 13 nitrogen and oxygen atoms in total. The lowest BCUT2D eigenvalue weighted by Gasteiger charge is -2.46. The Hall–Kier alpha value is -2.77. The van der Waals surface area contributed by atoms with Gasteiger partial charge >= 0.3 is 23.9 Å². The average Bonchev–Trinajstić information content (AvgIpc) is 2.72. The van der Waals surface area contributed by atoms with Crippen LogP contribution in [0.2, 0.25) is 0 Å². The minimum Gasteiger partial charge on any atom is -0.481 e. The first-order valence-electron chi connectivity index (χ1n) is 12.0. The lowest BCUT2D eigenvalue weighted by Crippen LogP contribution is -2.67. The number of carbonyl (C=O) groups is 5. The Balaban J connectivity index is 3.13. The lowest BCUT2D eigenvalue weighted by molar-refractivity contribution is -0.301. The number of amides is 1. The Morgan fingerprint density at radius 3 is 2.08 bits per heavy atom. The number of esters is 3. The minimum absolute atomic E-state index is 0.0149. The van der Waals surface area contributed by atoms with E-state index in [2.05, 4.69) is 5.32 Å². The van der Waals surface area contributed by atoms with Crippen molar-refractivity contribution in [2.24, 2.45) is 5.92 Å². The summed E-state index contributed by atoms with van der Waals surface area (Å²) in [4.78, 5) is 58.1. The van der Waals surface area contributed by atoms with Gasteiger partial charge in [0, 0.05) is 40.9 Å². The molecule has 1 saturated heterocycles. The molecule has 0 radical (unpaired) electrons. The number of hydrogen-bond donors (Lipinski definition) is 2. The molecule has 37 heavy (non-hydrogen) atoms. The molecule has 1 aliphatic rings. The van der Waals surface area contributed by atoms with Crippen LogP contribution in [0.5, 0.6) is 0 Å². The molecule has 13 heteroatoms. The van der Waals surface area contributed by atoms with Crippen LogP contribution in [-0.2, 0) is 52.4 Å². The van der Waals surface area contributed by atoms with E-state index in [0.29, 0.717) is 6.42 Å². The van der Waals surface area contributed by atoms with Gasteiger partial charge in [0.1, 0.15) is 18.8 Å². The minimum atomic E-state index is -1.21. The summed E-state index contributed by atoms with van der Waals surface area (Å²) in [6.45, 7) is 10.2. The number of aliphatic carboxylic acids is 1. The lowest BCUT2D eigenvalue weighted by atomic mass is 9.95. The van der Waals surface area contributed by atoms with Gasteiger partial charge in [-0.25, -0.2) is 0 Å². The van der Waals surface area contributed by atoms with E-state index in [9.17, 15) is 24.0 Å². The monoisotopic (exact) mass is 533 g/mol. The molecule has 1 heterocycles. The zero-order valence-corrected chi connectivity index (χ0v) is 22.4. The van der Waals surface area contributed by atoms with E-state index < -0.39 is 66.0 Å². The van der Waals surface area contributed by atoms with Crippen LogP contribution in [0.1, 0.15) is 61.3 Å². The third-order valence-corrected chi connectivity index (χ3v) is 5.28. The van der Waals surface area contributed by atoms with Crippen molar-refractivity contribution >= 4 is 29.8 Å². The maximum absolute atomic E-state index is 12.0. The standard InChI is InChI=1S/C24H39NO12/c1-13(10-19(30)31)11-32-9-8-24(6,7)37-23-20(25-14(2)26)22(35-17(5)29)21(34-16(4)28)18(36-23)12-33-15(3)27/h13,18,20-23H,8-12H2,1-7H3,(H,25,26)(H,30,31)/t13?,18-,20-,21?,22-,23+/m1/s1. The van der Waals surface area contributed by atoms with E-state index >= 15 is 0 Å². The van der Waals surface area contributed by atoms with Crippen molar-refractivity contribution in [1.29, 1.82) is 0 Å². The topological polar surface area (TPSA) is 173 Å². The number of ether oxygens (including phenoxy) is 6. The summed E-state index contributed by atoms with van der Waals surface area (Å²) in [7, 11) is 0. The number of hydrogen-bond acceptors (Lipinski definition) is 11. The van der Waals surface area contributed by atoms with Crippen LogP contribution >= 0.6 is 0 Å². The molecule has 1 fully saturated rings. The predicted octanol–water partition coefficient (Wildman–Crippen LogP) is 0.955.